The monoisotopic (exact) mass is 585 g/mol. The van der Waals surface area contributed by atoms with Gasteiger partial charge in [-0.3, -0.25) is 9.52 Å². The molecule has 0 spiro atoms. The first-order valence-electron chi connectivity index (χ1n) is 13.1. The molecule has 4 rings (SSSR count). The molecule has 4 N–H and O–H groups in total. The summed E-state index contributed by atoms with van der Waals surface area (Å²) in [5.74, 6) is 0.823. The predicted molar refractivity (Wildman–Crippen MR) is 162 cm³/mol. The van der Waals surface area contributed by atoms with Crippen LogP contribution in [-0.4, -0.2) is 60.1 Å². The lowest BCUT2D eigenvalue weighted by Gasteiger charge is -2.29. The molecular formula is C28H36ClN7O3S. The highest BCUT2D eigenvalue weighted by Crippen LogP contribution is 2.31. The zero-order valence-corrected chi connectivity index (χ0v) is 24.9. The van der Waals surface area contributed by atoms with Crippen molar-refractivity contribution in [3.8, 4) is 0 Å². The Kier molecular flexibility index (Phi) is 8.86. The third-order valence-electron chi connectivity index (χ3n) is 6.71. The maximum atomic E-state index is 12.7. The van der Waals surface area contributed by atoms with Crippen molar-refractivity contribution in [2.45, 2.75) is 51.3 Å². The summed E-state index contributed by atoms with van der Waals surface area (Å²) in [7, 11) is -1.56. The van der Waals surface area contributed by atoms with Gasteiger partial charge in [0.2, 0.25) is 16.0 Å². The van der Waals surface area contributed by atoms with E-state index in [1.807, 2.05) is 19.1 Å². The topological polar surface area (TPSA) is 128 Å². The Hall–Kier alpha value is -3.41. The van der Waals surface area contributed by atoms with E-state index in [0.717, 1.165) is 37.2 Å². The van der Waals surface area contributed by atoms with Gasteiger partial charge in [-0.25, -0.2) is 13.4 Å². The van der Waals surface area contributed by atoms with E-state index in [4.69, 9.17) is 11.6 Å². The number of likely N-dealkylation sites (tertiary alicyclic amines) is 1. The van der Waals surface area contributed by atoms with Gasteiger partial charge in [0.25, 0.3) is 5.91 Å². The number of nitrogens with zero attached hydrogens (tertiary/aromatic N) is 3. The number of piperidine rings is 1. The SMILES string of the molecule is Cc1cnc(Nc2ccc(C(=O)NC3CCN(C)CC3)cc2)nc1Nc1ccc(Cl)c(NS(=O)(=O)C(C)(C)C)c1. The van der Waals surface area contributed by atoms with E-state index in [2.05, 4.69) is 42.6 Å². The van der Waals surface area contributed by atoms with Crippen LogP contribution in [0.15, 0.2) is 48.7 Å². The molecule has 0 saturated carbocycles. The number of rotatable bonds is 8. The van der Waals surface area contributed by atoms with Gasteiger partial charge in [0, 0.05) is 34.7 Å². The van der Waals surface area contributed by atoms with Crippen LogP contribution in [0, 0.1) is 6.92 Å². The summed E-state index contributed by atoms with van der Waals surface area (Å²) < 4.78 is 26.8. The second-order valence-electron chi connectivity index (χ2n) is 11.0. The third-order valence-corrected chi connectivity index (χ3v) is 9.14. The number of nitrogens with one attached hydrogen (secondary N) is 4. The van der Waals surface area contributed by atoms with Gasteiger partial charge >= 0.3 is 0 Å². The summed E-state index contributed by atoms with van der Waals surface area (Å²) in [6.07, 6.45) is 3.58. The molecule has 40 heavy (non-hydrogen) atoms. The lowest BCUT2D eigenvalue weighted by molar-refractivity contribution is 0.0917. The van der Waals surface area contributed by atoms with Gasteiger partial charge in [0.1, 0.15) is 5.82 Å². The average Bonchev–Trinajstić information content (AvgIpc) is 2.89. The fourth-order valence-corrected chi connectivity index (χ4v) is 4.99. The van der Waals surface area contributed by atoms with Gasteiger partial charge in [-0.1, -0.05) is 11.6 Å². The smallest absolute Gasteiger partial charge is 0.251 e. The van der Waals surface area contributed by atoms with Crippen molar-refractivity contribution >= 4 is 56.4 Å². The quantitative estimate of drug-likeness (QED) is 0.281. The fourth-order valence-electron chi connectivity index (χ4n) is 4.00. The normalized spacial score (nSPS) is 14.9. The van der Waals surface area contributed by atoms with E-state index in [1.54, 1.807) is 57.3 Å². The van der Waals surface area contributed by atoms with Gasteiger partial charge in [0.05, 0.1) is 15.5 Å². The second kappa shape index (κ2) is 12.0. The number of benzene rings is 2. The molecule has 1 saturated heterocycles. The molecule has 0 radical (unpaired) electrons. The number of hydrogen-bond donors (Lipinski definition) is 4. The number of carbonyl (C=O) groups excluding carboxylic acids is 1. The largest absolute Gasteiger partial charge is 0.349 e. The summed E-state index contributed by atoms with van der Waals surface area (Å²) in [6.45, 7) is 8.67. The number of aryl methyl sites for hydroxylation is 1. The van der Waals surface area contributed by atoms with Crippen molar-refractivity contribution in [3.63, 3.8) is 0 Å². The number of halogens is 1. The molecule has 0 aliphatic carbocycles. The highest BCUT2D eigenvalue weighted by Gasteiger charge is 2.29. The van der Waals surface area contributed by atoms with Crippen LogP contribution in [0.1, 0.15) is 49.5 Å². The molecule has 2 heterocycles. The van der Waals surface area contributed by atoms with Crippen LogP contribution in [0.25, 0.3) is 0 Å². The Morgan fingerprint density at radius 3 is 2.33 bits per heavy atom. The van der Waals surface area contributed by atoms with Crippen molar-refractivity contribution in [1.82, 2.24) is 20.2 Å². The molecule has 1 aliphatic heterocycles. The van der Waals surface area contributed by atoms with Crippen LogP contribution >= 0.6 is 11.6 Å². The van der Waals surface area contributed by atoms with E-state index >= 15 is 0 Å². The van der Waals surface area contributed by atoms with Crippen molar-refractivity contribution < 1.29 is 13.2 Å². The standard InChI is InChI=1S/C28H36ClN7O3S/c1-18-17-30-27(33-20-8-6-19(7-9-20)26(37)32-21-12-14-36(5)15-13-21)34-25(18)31-22-10-11-23(29)24(16-22)35-40(38,39)28(2,3)4/h6-11,16-17,21,35H,12-15H2,1-5H3,(H,32,37)(H2,30,31,33,34). The molecule has 0 atom stereocenters. The molecule has 0 unspecified atom stereocenters. The summed E-state index contributed by atoms with van der Waals surface area (Å²) in [5.41, 5.74) is 2.99. The number of carbonyl (C=O) groups is 1. The van der Waals surface area contributed by atoms with E-state index in [1.165, 1.54) is 0 Å². The number of hydrogen-bond acceptors (Lipinski definition) is 8. The Balaban J connectivity index is 1.43. The molecule has 1 aliphatic rings. The Labute approximate surface area is 241 Å². The maximum absolute atomic E-state index is 12.7. The van der Waals surface area contributed by atoms with Gasteiger partial charge in [-0.05, 0) is 103 Å². The van der Waals surface area contributed by atoms with Crippen LogP contribution in [-0.2, 0) is 10.0 Å². The molecule has 1 aromatic heterocycles. The number of aromatic nitrogens is 2. The van der Waals surface area contributed by atoms with Crippen LogP contribution < -0.4 is 20.7 Å². The van der Waals surface area contributed by atoms with Gasteiger partial charge in [0.15, 0.2) is 0 Å². The second-order valence-corrected chi connectivity index (χ2v) is 13.9. The molecule has 1 amide bonds. The maximum Gasteiger partial charge on any atom is 0.251 e. The lowest BCUT2D eigenvalue weighted by atomic mass is 10.0. The summed E-state index contributed by atoms with van der Waals surface area (Å²) >= 11 is 6.27. The number of amides is 1. The van der Waals surface area contributed by atoms with Crippen LogP contribution in [0.5, 0.6) is 0 Å². The summed E-state index contributed by atoms with van der Waals surface area (Å²) in [6, 6.07) is 12.3. The fraction of sp³-hybridized carbons (Fsp3) is 0.393. The van der Waals surface area contributed by atoms with Crippen molar-refractivity contribution in [3.05, 3.63) is 64.8 Å². The highest BCUT2D eigenvalue weighted by atomic mass is 35.5. The zero-order chi connectivity index (χ0) is 29.1. The first kappa shape index (κ1) is 29.6. The number of anilines is 5. The first-order valence-corrected chi connectivity index (χ1v) is 15.0. The van der Waals surface area contributed by atoms with Gasteiger partial charge in [-0.2, -0.15) is 4.98 Å². The van der Waals surface area contributed by atoms with Crippen LogP contribution in [0.4, 0.5) is 28.8 Å². The van der Waals surface area contributed by atoms with E-state index < -0.39 is 14.8 Å². The third kappa shape index (κ3) is 7.41. The Morgan fingerprint density at radius 1 is 1.02 bits per heavy atom. The predicted octanol–water partition coefficient (Wildman–Crippen LogP) is 5.29. The van der Waals surface area contributed by atoms with E-state index in [0.29, 0.717) is 23.0 Å². The molecule has 214 valence electrons. The van der Waals surface area contributed by atoms with Crippen LogP contribution in [0.2, 0.25) is 5.02 Å². The zero-order valence-electron chi connectivity index (χ0n) is 23.4. The molecular weight excluding hydrogens is 550 g/mol. The molecule has 3 aromatic rings. The average molecular weight is 586 g/mol. The minimum absolute atomic E-state index is 0.0775. The van der Waals surface area contributed by atoms with Crippen molar-refractivity contribution in [2.24, 2.45) is 0 Å². The molecule has 1 fully saturated rings. The van der Waals surface area contributed by atoms with Crippen molar-refractivity contribution in [1.29, 1.82) is 0 Å². The van der Waals surface area contributed by atoms with E-state index in [-0.39, 0.29) is 22.7 Å². The minimum Gasteiger partial charge on any atom is -0.349 e. The number of sulfonamides is 1. The van der Waals surface area contributed by atoms with Crippen LogP contribution in [0.3, 0.4) is 0 Å². The molecule has 0 bridgehead atoms. The highest BCUT2D eigenvalue weighted by molar-refractivity contribution is 7.94. The lowest BCUT2D eigenvalue weighted by Crippen LogP contribution is -2.43. The summed E-state index contributed by atoms with van der Waals surface area (Å²) in [5, 5.41) is 9.79. The minimum atomic E-state index is -3.66. The summed E-state index contributed by atoms with van der Waals surface area (Å²) in [4.78, 5) is 23.9. The van der Waals surface area contributed by atoms with Crippen molar-refractivity contribution in [2.75, 3.05) is 35.5 Å². The van der Waals surface area contributed by atoms with Gasteiger partial charge < -0.3 is 20.9 Å². The molecule has 12 heteroatoms. The van der Waals surface area contributed by atoms with Gasteiger partial charge in [-0.15, -0.1) is 0 Å². The van der Waals surface area contributed by atoms with E-state index in [9.17, 15) is 13.2 Å². The Bertz CT molecular complexity index is 1470. The Morgan fingerprint density at radius 2 is 1.68 bits per heavy atom. The first-order chi connectivity index (χ1) is 18.8. The molecule has 10 nitrogen and oxygen atoms in total. The molecule has 2 aromatic carbocycles.